The zero-order valence-corrected chi connectivity index (χ0v) is 20.4. The van der Waals surface area contributed by atoms with Gasteiger partial charge in [0.1, 0.15) is 24.7 Å². The summed E-state index contributed by atoms with van der Waals surface area (Å²) < 4.78 is 33.2. The maximum absolute atomic E-state index is 12.9. The highest BCUT2D eigenvalue weighted by molar-refractivity contribution is 7.99. The third-order valence-electron chi connectivity index (χ3n) is 4.24. The van der Waals surface area contributed by atoms with E-state index in [9.17, 15) is 27.4 Å². The monoisotopic (exact) mass is 553 g/mol. The molecule has 0 spiro atoms. The Morgan fingerprint density at radius 1 is 1.50 bits per heavy atom. The zero-order valence-electron chi connectivity index (χ0n) is 17.2. The van der Waals surface area contributed by atoms with Crippen molar-refractivity contribution in [3.05, 3.63) is 11.1 Å². The number of carbonyl (C=O) groups excluding carboxylic acids is 3. The first-order valence-electron chi connectivity index (χ1n) is 9.01. The molecule has 3 atom stereocenters. The van der Waals surface area contributed by atoms with Crippen LogP contribution in [0.25, 0.3) is 0 Å². The summed E-state index contributed by atoms with van der Waals surface area (Å²) >= 11 is 7.38. The van der Waals surface area contributed by atoms with Crippen molar-refractivity contribution >= 4 is 73.6 Å². The smallest absolute Gasteiger partial charge is 0.362 e. The van der Waals surface area contributed by atoms with Gasteiger partial charge in [-0.2, -0.15) is 13.6 Å². The minimum Gasteiger partial charge on any atom is -0.398 e. The molecular formula is C14H16ClN9O7S3. The molecule has 3 heterocycles. The van der Waals surface area contributed by atoms with Gasteiger partial charge in [-0.15, -0.1) is 33.1 Å². The molecule has 0 aliphatic carbocycles. The number of thioether (sulfide) groups is 1. The number of hydrogen-bond acceptors (Lipinski definition) is 13. The van der Waals surface area contributed by atoms with Crippen molar-refractivity contribution in [3.63, 3.8) is 0 Å². The van der Waals surface area contributed by atoms with Gasteiger partial charge < -0.3 is 15.5 Å². The Balaban J connectivity index is 1.81. The first-order chi connectivity index (χ1) is 16.1. The lowest BCUT2D eigenvalue weighted by Gasteiger charge is -2.46. The lowest BCUT2D eigenvalue weighted by molar-refractivity contribution is -0.144. The molecule has 0 bridgehead atoms. The quantitative estimate of drug-likeness (QED) is 0.0684. The average molecular weight is 554 g/mol. The van der Waals surface area contributed by atoms with Crippen molar-refractivity contribution in [2.45, 2.75) is 29.4 Å². The summed E-state index contributed by atoms with van der Waals surface area (Å²) in [5.74, 6) is -2.80. The van der Waals surface area contributed by atoms with Gasteiger partial charge in [0.2, 0.25) is 11.1 Å². The second kappa shape index (κ2) is 10.6. The summed E-state index contributed by atoms with van der Waals surface area (Å²) in [5.41, 5.74) is -0.334. The molecule has 0 saturated carbocycles. The highest BCUT2D eigenvalue weighted by Gasteiger charge is 2.56. The molecule has 1 unspecified atom stereocenters. The average Bonchev–Trinajstić information content (AvgIpc) is 3.44. The number of rotatable bonds is 10. The van der Waals surface area contributed by atoms with Crippen LogP contribution in [-0.4, -0.2) is 96.6 Å². The van der Waals surface area contributed by atoms with E-state index in [1.807, 2.05) is 0 Å². The maximum atomic E-state index is 12.9. The normalized spacial score (nSPS) is 19.4. The summed E-state index contributed by atoms with van der Waals surface area (Å²) in [6.45, 7) is 1.55. The maximum Gasteiger partial charge on any atom is 0.362 e. The Hall–Kier alpha value is -2.87. The molecule has 0 aromatic carbocycles. The highest BCUT2D eigenvalue weighted by atomic mass is 35.5. The summed E-state index contributed by atoms with van der Waals surface area (Å²) in [7, 11) is -3.73. The molecule has 1 fully saturated rings. The largest absolute Gasteiger partial charge is 0.398 e. The molecule has 1 aliphatic heterocycles. The van der Waals surface area contributed by atoms with E-state index in [0.717, 1.165) is 23.1 Å². The topological polar surface area (TPSA) is 222 Å². The number of amides is 3. The molecule has 1 aliphatic rings. The number of halogens is 1. The number of β-lactam (4-membered cyclic amide) rings is 1. The molecule has 1 saturated heterocycles. The van der Waals surface area contributed by atoms with Gasteiger partial charge in [0.25, 0.3) is 11.8 Å². The van der Waals surface area contributed by atoms with Gasteiger partial charge in [-0.25, -0.2) is 9.29 Å². The SMILES string of the molecule is CON=C(C(=O)N[C@@H]1C(=O)N(S(=O)(=O)O)[C@@H]1C(C)Sc1nn[nH]n1)c1csc(NC(=O)CCl)n1. The van der Waals surface area contributed by atoms with Crippen LogP contribution in [0.3, 0.4) is 0 Å². The second-order valence-electron chi connectivity index (χ2n) is 6.41. The Morgan fingerprint density at radius 3 is 2.82 bits per heavy atom. The fraction of sp³-hybridized carbons (Fsp3) is 0.429. The van der Waals surface area contributed by atoms with Crippen LogP contribution in [0.2, 0.25) is 0 Å². The minimum atomic E-state index is -4.91. The molecule has 2 aromatic heterocycles. The fourth-order valence-electron chi connectivity index (χ4n) is 2.90. The number of anilines is 1. The Labute approximate surface area is 204 Å². The highest BCUT2D eigenvalue weighted by Crippen LogP contribution is 2.34. The number of H-pyrrole nitrogens is 1. The van der Waals surface area contributed by atoms with Gasteiger partial charge >= 0.3 is 10.3 Å². The number of nitrogens with zero attached hydrogens (tertiary/aromatic N) is 6. The minimum absolute atomic E-state index is 0.0124. The van der Waals surface area contributed by atoms with Crippen molar-refractivity contribution in [1.29, 1.82) is 0 Å². The lowest BCUT2D eigenvalue weighted by Crippen LogP contribution is -2.74. The molecule has 3 amide bonds. The Morgan fingerprint density at radius 2 is 2.24 bits per heavy atom. The number of aromatic amines is 1. The van der Waals surface area contributed by atoms with E-state index in [4.69, 9.17) is 16.4 Å². The standard InChI is InChI=1S/C14H16ClN9O7S3/c1-5(33-14-19-22-23-20-14)10-9(12(27)24(10)34(28,29)30)18-11(26)8(21-31-2)6-4-32-13(16-6)17-7(25)3-15/h4-5,9-10H,3H2,1-2H3,(H,18,26)(H,16,17,25)(H,28,29,30)(H,19,20,22,23)/t5?,9-,10+/m0/s1. The predicted octanol–water partition coefficient (Wildman–Crippen LogP) is -1.14. The molecule has 2 aromatic rings. The predicted molar refractivity (Wildman–Crippen MR) is 119 cm³/mol. The third kappa shape index (κ3) is 5.60. The van der Waals surface area contributed by atoms with Gasteiger partial charge in [-0.3, -0.25) is 18.9 Å². The van der Waals surface area contributed by atoms with Crippen molar-refractivity contribution < 1.29 is 32.2 Å². The van der Waals surface area contributed by atoms with Gasteiger partial charge in [-0.05, 0) is 5.21 Å². The van der Waals surface area contributed by atoms with Crippen molar-refractivity contribution in [2.24, 2.45) is 5.16 Å². The number of oxime groups is 1. The molecular weight excluding hydrogens is 538 g/mol. The van der Waals surface area contributed by atoms with Crippen LogP contribution in [0.5, 0.6) is 0 Å². The molecule has 20 heteroatoms. The summed E-state index contributed by atoms with van der Waals surface area (Å²) in [5, 5.41) is 22.5. The lowest BCUT2D eigenvalue weighted by atomic mass is 9.95. The van der Waals surface area contributed by atoms with Crippen molar-refractivity contribution in [2.75, 3.05) is 18.3 Å². The fourth-order valence-corrected chi connectivity index (χ4v) is 5.64. The molecule has 184 valence electrons. The van der Waals surface area contributed by atoms with Crippen molar-refractivity contribution in [1.82, 2.24) is 35.2 Å². The molecule has 34 heavy (non-hydrogen) atoms. The third-order valence-corrected chi connectivity index (χ3v) is 7.20. The van der Waals surface area contributed by atoms with Gasteiger partial charge in [0.15, 0.2) is 10.8 Å². The van der Waals surface area contributed by atoms with Crippen LogP contribution in [0.15, 0.2) is 15.7 Å². The first-order valence-corrected chi connectivity index (χ1v) is 12.7. The van der Waals surface area contributed by atoms with Gasteiger partial charge in [-0.1, -0.05) is 23.8 Å². The number of aromatic nitrogens is 5. The molecule has 16 nitrogen and oxygen atoms in total. The van der Waals surface area contributed by atoms with E-state index in [-0.39, 0.29) is 31.9 Å². The molecule has 4 N–H and O–H groups in total. The second-order valence-corrected chi connectivity index (χ2v) is 10.2. The Bertz CT molecular complexity index is 1200. The summed E-state index contributed by atoms with van der Waals surface area (Å²) in [6, 6.07) is -2.53. The number of thiazole rings is 1. The van der Waals surface area contributed by atoms with Crippen LogP contribution in [0, 0.1) is 0 Å². The first kappa shape index (κ1) is 25.7. The van der Waals surface area contributed by atoms with Gasteiger partial charge in [0.05, 0.1) is 6.04 Å². The van der Waals surface area contributed by atoms with Crippen LogP contribution in [0.1, 0.15) is 12.6 Å². The molecule has 3 rings (SSSR count). The number of nitrogens with one attached hydrogen (secondary N) is 3. The van der Waals surface area contributed by atoms with Crippen molar-refractivity contribution in [3.8, 4) is 0 Å². The van der Waals surface area contributed by atoms with Crippen LogP contribution in [-0.2, 0) is 29.5 Å². The van der Waals surface area contributed by atoms with E-state index >= 15 is 0 Å². The van der Waals surface area contributed by atoms with Crippen LogP contribution >= 0.6 is 34.7 Å². The summed E-state index contributed by atoms with van der Waals surface area (Å²) in [6.07, 6.45) is 0. The van der Waals surface area contributed by atoms with E-state index in [1.54, 1.807) is 6.92 Å². The van der Waals surface area contributed by atoms with Crippen LogP contribution < -0.4 is 10.6 Å². The van der Waals surface area contributed by atoms with Crippen LogP contribution in [0.4, 0.5) is 5.13 Å². The number of hydrogen-bond donors (Lipinski definition) is 4. The summed E-state index contributed by atoms with van der Waals surface area (Å²) in [4.78, 5) is 45.6. The zero-order chi connectivity index (χ0) is 25.0. The van der Waals surface area contributed by atoms with E-state index in [1.165, 1.54) is 12.5 Å². The Kier molecular flexibility index (Phi) is 8.02. The van der Waals surface area contributed by atoms with E-state index in [2.05, 4.69) is 41.4 Å². The molecule has 0 radical (unpaired) electrons. The number of carbonyl (C=O) groups is 3. The number of alkyl halides is 1. The van der Waals surface area contributed by atoms with Gasteiger partial charge in [0, 0.05) is 10.6 Å². The van der Waals surface area contributed by atoms with E-state index < -0.39 is 45.4 Å². The number of tetrazole rings is 1. The van der Waals surface area contributed by atoms with E-state index in [0.29, 0.717) is 0 Å².